The van der Waals surface area contributed by atoms with Gasteiger partial charge in [-0.25, -0.2) is 9.48 Å². The van der Waals surface area contributed by atoms with Crippen molar-refractivity contribution in [1.82, 2.24) is 25.5 Å². The zero-order chi connectivity index (χ0) is 12.3. The van der Waals surface area contributed by atoms with Gasteiger partial charge in [0, 0.05) is 0 Å². The lowest BCUT2D eigenvalue weighted by Crippen LogP contribution is -2.36. The van der Waals surface area contributed by atoms with Gasteiger partial charge in [-0.3, -0.25) is 5.32 Å². The van der Waals surface area contributed by atoms with Crippen molar-refractivity contribution in [3.05, 3.63) is 4.77 Å². The number of ether oxygens (including phenoxy) is 1. The molecule has 1 heterocycles. The molecule has 0 saturated heterocycles. The number of hydrogen-bond donors (Lipinski definition) is 2. The Morgan fingerprint density at radius 3 is 2.69 bits per heavy atom. The number of carbonyl (C=O) groups is 1. The van der Waals surface area contributed by atoms with Crippen LogP contribution in [0.2, 0.25) is 0 Å². The summed E-state index contributed by atoms with van der Waals surface area (Å²) in [7, 11) is 0. The van der Waals surface area contributed by atoms with Crippen LogP contribution >= 0.6 is 12.2 Å². The van der Waals surface area contributed by atoms with Gasteiger partial charge in [0.1, 0.15) is 11.8 Å². The average molecular weight is 245 g/mol. The van der Waals surface area contributed by atoms with Gasteiger partial charge in [0.05, 0.1) is 0 Å². The number of amides is 1. The zero-order valence-electron chi connectivity index (χ0n) is 9.64. The van der Waals surface area contributed by atoms with Gasteiger partial charge in [-0.15, -0.1) is 0 Å². The molecular weight excluding hydrogens is 230 g/mol. The molecule has 16 heavy (non-hydrogen) atoms. The molecule has 0 bridgehead atoms. The third-order valence-corrected chi connectivity index (χ3v) is 1.89. The Bertz CT molecular complexity index is 419. The summed E-state index contributed by atoms with van der Waals surface area (Å²) in [5, 5.41) is 12.3. The van der Waals surface area contributed by atoms with E-state index in [2.05, 4.69) is 20.8 Å². The van der Waals surface area contributed by atoms with Gasteiger partial charge in [0.15, 0.2) is 0 Å². The van der Waals surface area contributed by atoms with E-state index in [1.54, 1.807) is 27.7 Å². The number of H-pyrrole nitrogens is 1. The van der Waals surface area contributed by atoms with Gasteiger partial charge in [0.2, 0.25) is 4.77 Å². The molecule has 90 valence electrons. The minimum atomic E-state index is -0.530. The van der Waals surface area contributed by atoms with Gasteiger partial charge < -0.3 is 4.74 Å². The molecule has 8 heteroatoms. The quantitative estimate of drug-likeness (QED) is 0.769. The molecule has 0 aliphatic carbocycles. The zero-order valence-corrected chi connectivity index (χ0v) is 10.5. The Hall–Kier alpha value is -1.44. The van der Waals surface area contributed by atoms with Crippen molar-refractivity contribution in [2.24, 2.45) is 0 Å². The van der Waals surface area contributed by atoms with Crippen LogP contribution in [0.1, 0.15) is 33.9 Å². The lowest BCUT2D eigenvalue weighted by atomic mass is 10.2. The van der Waals surface area contributed by atoms with Crippen molar-refractivity contribution in [3.8, 4) is 0 Å². The van der Waals surface area contributed by atoms with Gasteiger partial charge in [-0.2, -0.15) is 5.21 Å². The summed E-state index contributed by atoms with van der Waals surface area (Å²) in [6.45, 7) is 7.11. The van der Waals surface area contributed by atoms with E-state index in [0.29, 0.717) is 0 Å². The first-order valence-electron chi connectivity index (χ1n) is 4.79. The molecule has 0 aromatic carbocycles. The molecular formula is C8H15N5O2S. The number of aromatic amines is 1. The second kappa shape index (κ2) is 4.60. The standard InChI is InChI=1S/C8H15N5O2S/c1-5(13-6(16)10-11-12-13)9-7(14)15-8(2,3)4/h5H,1-4H3,(H,9,14)(H,10,12,16). The summed E-state index contributed by atoms with van der Waals surface area (Å²) in [4.78, 5) is 11.4. The van der Waals surface area contributed by atoms with E-state index in [0.717, 1.165) is 0 Å². The highest BCUT2D eigenvalue weighted by Crippen LogP contribution is 2.08. The van der Waals surface area contributed by atoms with Crippen molar-refractivity contribution in [3.63, 3.8) is 0 Å². The fourth-order valence-electron chi connectivity index (χ4n) is 0.999. The monoisotopic (exact) mass is 245 g/mol. The molecule has 2 N–H and O–H groups in total. The largest absolute Gasteiger partial charge is 0.444 e. The summed E-state index contributed by atoms with van der Waals surface area (Å²) >= 11 is 4.89. The number of hydrogen-bond acceptors (Lipinski definition) is 5. The Kier molecular flexibility index (Phi) is 3.63. The van der Waals surface area contributed by atoms with E-state index in [1.807, 2.05) is 0 Å². The lowest BCUT2D eigenvalue weighted by molar-refractivity contribution is 0.0483. The number of aromatic nitrogens is 4. The van der Waals surface area contributed by atoms with Gasteiger partial charge in [0.25, 0.3) is 0 Å². The van der Waals surface area contributed by atoms with Crippen LogP contribution in [0.15, 0.2) is 0 Å². The highest BCUT2D eigenvalue weighted by atomic mass is 32.1. The van der Waals surface area contributed by atoms with Crippen molar-refractivity contribution >= 4 is 18.3 Å². The predicted molar refractivity (Wildman–Crippen MR) is 59.3 cm³/mol. The van der Waals surface area contributed by atoms with Gasteiger partial charge in [-0.05, 0) is 39.9 Å². The Balaban J connectivity index is 2.59. The topological polar surface area (TPSA) is 84.8 Å². The second-order valence-corrected chi connectivity index (χ2v) is 4.64. The first kappa shape index (κ1) is 12.6. The summed E-state index contributed by atoms with van der Waals surface area (Å²) < 4.78 is 6.81. The number of nitrogens with one attached hydrogen (secondary N) is 2. The summed E-state index contributed by atoms with van der Waals surface area (Å²) in [6, 6.07) is 0. The Morgan fingerprint density at radius 2 is 2.25 bits per heavy atom. The maximum absolute atomic E-state index is 11.4. The van der Waals surface area contributed by atoms with E-state index in [4.69, 9.17) is 17.0 Å². The molecule has 0 saturated carbocycles. The first-order chi connectivity index (χ1) is 7.29. The normalized spacial score (nSPS) is 13.2. The molecule has 1 unspecified atom stereocenters. The number of carbonyl (C=O) groups excluding carboxylic acids is 1. The molecule has 0 fully saturated rings. The summed E-state index contributed by atoms with van der Waals surface area (Å²) in [5.74, 6) is 0. The lowest BCUT2D eigenvalue weighted by Gasteiger charge is -2.21. The molecule has 7 nitrogen and oxygen atoms in total. The van der Waals surface area contributed by atoms with Crippen LogP contribution in [0.3, 0.4) is 0 Å². The Labute approximate surface area is 98.2 Å². The fourth-order valence-corrected chi connectivity index (χ4v) is 1.24. The SMILES string of the molecule is CC(NC(=O)OC(C)(C)C)n1[nH]nnc1=S. The molecule has 0 aliphatic rings. The third-order valence-electron chi connectivity index (χ3n) is 1.61. The molecule has 0 aliphatic heterocycles. The first-order valence-corrected chi connectivity index (χ1v) is 5.19. The molecule has 1 rings (SSSR count). The van der Waals surface area contributed by atoms with Crippen molar-refractivity contribution in [2.75, 3.05) is 0 Å². The Morgan fingerprint density at radius 1 is 1.62 bits per heavy atom. The summed E-state index contributed by atoms with van der Waals surface area (Å²) in [5.41, 5.74) is -0.530. The smallest absolute Gasteiger partial charge is 0.409 e. The summed E-state index contributed by atoms with van der Waals surface area (Å²) in [6.07, 6.45) is -0.908. The molecule has 1 aromatic rings. The third kappa shape index (κ3) is 3.61. The average Bonchev–Trinajstić information content (AvgIpc) is 2.47. The highest BCUT2D eigenvalue weighted by Gasteiger charge is 2.18. The minimum absolute atomic E-state index is 0.267. The molecule has 0 radical (unpaired) electrons. The minimum Gasteiger partial charge on any atom is -0.444 e. The van der Waals surface area contributed by atoms with Crippen LogP contribution in [0, 0.1) is 4.77 Å². The van der Waals surface area contributed by atoms with E-state index in [1.165, 1.54) is 4.68 Å². The maximum Gasteiger partial charge on any atom is 0.409 e. The molecule has 1 amide bonds. The van der Waals surface area contributed by atoms with Crippen LogP contribution in [0.5, 0.6) is 0 Å². The number of rotatable bonds is 2. The van der Waals surface area contributed by atoms with Crippen molar-refractivity contribution in [2.45, 2.75) is 39.5 Å². The van der Waals surface area contributed by atoms with Gasteiger partial charge in [-0.1, -0.05) is 10.3 Å². The predicted octanol–water partition coefficient (Wildman–Crippen LogP) is 1.38. The second-order valence-electron chi connectivity index (χ2n) is 4.27. The molecule has 1 atom stereocenters. The van der Waals surface area contributed by atoms with Crippen LogP contribution in [0.4, 0.5) is 4.79 Å². The van der Waals surface area contributed by atoms with E-state index < -0.39 is 17.9 Å². The van der Waals surface area contributed by atoms with E-state index >= 15 is 0 Å². The molecule has 1 aromatic heterocycles. The van der Waals surface area contributed by atoms with Crippen LogP contribution < -0.4 is 5.32 Å². The van der Waals surface area contributed by atoms with E-state index in [-0.39, 0.29) is 4.77 Å². The maximum atomic E-state index is 11.4. The van der Waals surface area contributed by atoms with Crippen molar-refractivity contribution in [1.29, 1.82) is 0 Å². The number of tetrazole rings is 1. The highest BCUT2D eigenvalue weighted by molar-refractivity contribution is 7.71. The van der Waals surface area contributed by atoms with Crippen LogP contribution in [-0.2, 0) is 4.74 Å². The van der Waals surface area contributed by atoms with Gasteiger partial charge >= 0.3 is 6.09 Å². The number of nitrogens with zero attached hydrogens (tertiary/aromatic N) is 3. The number of alkyl carbamates (subject to hydrolysis) is 1. The van der Waals surface area contributed by atoms with E-state index in [9.17, 15) is 4.79 Å². The van der Waals surface area contributed by atoms with Crippen molar-refractivity contribution < 1.29 is 9.53 Å². The van der Waals surface area contributed by atoms with Crippen LogP contribution in [-0.4, -0.2) is 31.9 Å². The molecule has 0 spiro atoms. The van der Waals surface area contributed by atoms with Crippen LogP contribution in [0.25, 0.3) is 0 Å². The fraction of sp³-hybridized carbons (Fsp3) is 0.750.